The third kappa shape index (κ3) is 5.80. The first kappa shape index (κ1) is 18.7. The molecule has 0 saturated carbocycles. The lowest BCUT2D eigenvalue weighted by Crippen LogP contribution is -2.45. The number of nitrogens with zero attached hydrogens (tertiary/aromatic N) is 1. The Kier molecular flexibility index (Phi) is 7.06. The molecule has 0 aliphatic carbocycles. The lowest BCUT2D eigenvalue weighted by molar-refractivity contribution is -0.0613. The van der Waals surface area contributed by atoms with E-state index in [1.54, 1.807) is 12.1 Å². The van der Waals surface area contributed by atoms with Gasteiger partial charge in [0.2, 0.25) is 0 Å². The Labute approximate surface area is 144 Å². The Morgan fingerprint density at radius 2 is 2.04 bits per heavy atom. The molecule has 0 spiro atoms. The van der Waals surface area contributed by atoms with E-state index in [2.05, 4.69) is 18.7 Å². The molecule has 0 bridgehead atoms. The van der Waals surface area contributed by atoms with Crippen LogP contribution < -0.4 is 4.74 Å². The van der Waals surface area contributed by atoms with E-state index in [1.165, 1.54) is 0 Å². The van der Waals surface area contributed by atoms with E-state index in [9.17, 15) is 4.79 Å². The number of hydrogen-bond acceptors (Lipinski definition) is 5. The largest absolute Gasteiger partial charge is 0.490 e. The van der Waals surface area contributed by atoms with E-state index in [4.69, 9.17) is 14.2 Å². The van der Waals surface area contributed by atoms with Crippen LogP contribution in [-0.4, -0.2) is 55.9 Å². The van der Waals surface area contributed by atoms with Gasteiger partial charge in [-0.25, -0.2) is 4.79 Å². The molecule has 5 heteroatoms. The van der Waals surface area contributed by atoms with Crippen LogP contribution in [0.2, 0.25) is 0 Å². The number of carbonyl (C=O) groups excluding carboxylic acids is 1. The molecule has 1 aromatic rings. The summed E-state index contributed by atoms with van der Waals surface area (Å²) in [6.45, 7) is 12.0. The Bertz CT molecular complexity index is 530. The van der Waals surface area contributed by atoms with E-state index >= 15 is 0 Å². The molecule has 134 valence electrons. The van der Waals surface area contributed by atoms with Crippen LogP contribution in [0.1, 0.15) is 38.1 Å². The average molecular weight is 335 g/mol. The molecule has 24 heavy (non-hydrogen) atoms. The summed E-state index contributed by atoms with van der Waals surface area (Å²) in [6.07, 6.45) is -0.0650. The van der Waals surface area contributed by atoms with Crippen LogP contribution in [0.25, 0.3) is 0 Å². The SMILES string of the molecule is CC(C)CN1CCOC(COC(=O)c2ccccc2OC(C)C)C1. The molecule has 1 fully saturated rings. The predicted octanol–water partition coefficient (Wildman–Crippen LogP) is 2.99. The maximum Gasteiger partial charge on any atom is 0.342 e. The first-order chi connectivity index (χ1) is 11.5. The van der Waals surface area contributed by atoms with Gasteiger partial charge in [0, 0.05) is 19.6 Å². The molecule has 1 heterocycles. The highest BCUT2D eigenvalue weighted by molar-refractivity contribution is 5.92. The minimum absolute atomic E-state index is 0.00483. The zero-order valence-electron chi connectivity index (χ0n) is 15.2. The van der Waals surface area contributed by atoms with Gasteiger partial charge in [-0.2, -0.15) is 0 Å². The molecule has 2 rings (SSSR count). The molecular weight excluding hydrogens is 306 g/mol. The molecule has 0 aromatic heterocycles. The summed E-state index contributed by atoms with van der Waals surface area (Å²) in [5, 5.41) is 0. The highest BCUT2D eigenvalue weighted by Gasteiger charge is 2.23. The van der Waals surface area contributed by atoms with E-state index in [0.29, 0.717) is 23.8 Å². The number of ether oxygens (including phenoxy) is 3. The summed E-state index contributed by atoms with van der Waals surface area (Å²) in [5.41, 5.74) is 0.459. The molecule has 0 radical (unpaired) electrons. The highest BCUT2D eigenvalue weighted by Crippen LogP contribution is 2.20. The van der Waals surface area contributed by atoms with Gasteiger partial charge in [-0.3, -0.25) is 4.90 Å². The summed E-state index contributed by atoms with van der Waals surface area (Å²) < 4.78 is 16.9. The molecule has 5 nitrogen and oxygen atoms in total. The first-order valence-corrected chi connectivity index (χ1v) is 8.72. The van der Waals surface area contributed by atoms with Gasteiger partial charge >= 0.3 is 5.97 Å². The number of benzene rings is 1. The topological polar surface area (TPSA) is 48.0 Å². The quantitative estimate of drug-likeness (QED) is 0.717. The molecule has 0 N–H and O–H groups in total. The predicted molar refractivity (Wildman–Crippen MR) is 93.5 cm³/mol. The second-order valence-electron chi connectivity index (χ2n) is 6.91. The van der Waals surface area contributed by atoms with Crippen molar-refractivity contribution in [2.45, 2.75) is 39.9 Å². The second-order valence-corrected chi connectivity index (χ2v) is 6.91. The summed E-state index contributed by atoms with van der Waals surface area (Å²) >= 11 is 0. The minimum atomic E-state index is -0.365. The summed E-state index contributed by atoms with van der Waals surface area (Å²) in [4.78, 5) is 14.7. The van der Waals surface area contributed by atoms with Crippen molar-refractivity contribution in [3.63, 3.8) is 0 Å². The van der Waals surface area contributed by atoms with E-state index in [0.717, 1.165) is 19.6 Å². The molecule has 0 amide bonds. The van der Waals surface area contributed by atoms with Gasteiger partial charge < -0.3 is 14.2 Å². The molecule has 1 aliphatic rings. The van der Waals surface area contributed by atoms with Crippen LogP contribution in [0.5, 0.6) is 5.75 Å². The van der Waals surface area contributed by atoms with E-state index in [-0.39, 0.29) is 24.8 Å². The van der Waals surface area contributed by atoms with E-state index < -0.39 is 0 Å². The van der Waals surface area contributed by atoms with Gasteiger partial charge in [-0.05, 0) is 31.9 Å². The fourth-order valence-corrected chi connectivity index (χ4v) is 2.80. The van der Waals surface area contributed by atoms with Crippen molar-refractivity contribution in [2.75, 3.05) is 32.8 Å². The van der Waals surface area contributed by atoms with Crippen LogP contribution in [0, 0.1) is 5.92 Å². The van der Waals surface area contributed by atoms with Crippen molar-refractivity contribution in [2.24, 2.45) is 5.92 Å². The minimum Gasteiger partial charge on any atom is -0.490 e. The third-order valence-electron chi connectivity index (χ3n) is 3.72. The van der Waals surface area contributed by atoms with Crippen LogP contribution >= 0.6 is 0 Å². The molecule has 1 aromatic carbocycles. The normalized spacial score (nSPS) is 18.8. The van der Waals surface area contributed by atoms with Crippen molar-refractivity contribution < 1.29 is 19.0 Å². The van der Waals surface area contributed by atoms with Crippen molar-refractivity contribution >= 4 is 5.97 Å². The lowest BCUT2D eigenvalue weighted by atomic mass is 10.2. The molecule has 1 aliphatic heterocycles. The van der Waals surface area contributed by atoms with Crippen LogP contribution in [0.3, 0.4) is 0 Å². The van der Waals surface area contributed by atoms with Gasteiger partial charge in [0.1, 0.15) is 24.0 Å². The second kappa shape index (κ2) is 9.04. The fraction of sp³-hybridized carbons (Fsp3) is 0.632. The Morgan fingerprint density at radius 3 is 2.75 bits per heavy atom. The number of rotatable bonds is 7. The van der Waals surface area contributed by atoms with Gasteiger partial charge in [-0.1, -0.05) is 26.0 Å². The number of para-hydroxylation sites is 1. The zero-order valence-corrected chi connectivity index (χ0v) is 15.2. The summed E-state index contributed by atoms with van der Waals surface area (Å²) in [7, 11) is 0. The van der Waals surface area contributed by atoms with Crippen molar-refractivity contribution in [3.8, 4) is 5.75 Å². The monoisotopic (exact) mass is 335 g/mol. The van der Waals surface area contributed by atoms with Gasteiger partial charge in [0.25, 0.3) is 0 Å². The zero-order chi connectivity index (χ0) is 17.5. The number of esters is 1. The molecular formula is C19H29NO4. The molecule has 1 atom stereocenters. The van der Waals surface area contributed by atoms with Crippen molar-refractivity contribution in [3.05, 3.63) is 29.8 Å². The summed E-state index contributed by atoms with van der Waals surface area (Å²) in [6, 6.07) is 7.18. The van der Waals surface area contributed by atoms with E-state index in [1.807, 2.05) is 26.0 Å². The number of morpholine rings is 1. The average Bonchev–Trinajstić information content (AvgIpc) is 2.52. The van der Waals surface area contributed by atoms with Crippen molar-refractivity contribution in [1.82, 2.24) is 4.90 Å². The summed E-state index contributed by atoms with van der Waals surface area (Å²) in [5.74, 6) is 0.811. The number of carbonyl (C=O) groups is 1. The Hall–Kier alpha value is -1.59. The van der Waals surface area contributed by atoms with Crippen LogP contribution in [-0.2, 0) is 9.47 Å². The van der Waals surface area contributed by atoms with Gasteiger partial charge in [-0.15, -0.1) is 0 Å². The maximum absolute atomic E-state index is 12.4. The Morgan fingerprint density at radius 1 is 1.29 bits per heavy atom. The first-order valence-electron chi connectivity index (χ1n) is 8.72. The maximum atomic E-state index is 12.4. The van der Waals surface area contributed by atoms with Gasteiger partial charge in [0.15, 0.2) is 0 Å². The standard InChI is InChI=1S/C19H29NO4/c1-14(2)11-20-9-10-22-16(12-20)13-23-19(21)17-7-5-6-8-18(17)24-15(3)4/h5-8,14-16H,9-13H2,1-4H3. The fourth-order valence-electron chi connectivity index (χ4n) is 2.80. The number of hydrogen-bond donors (Lipinski definition) is 0. The highest BCUT2D eigenvalue weighted by atomic mass is 16.6. The van der Waals surface area contributed by atoms with Crippen LogP contribution in [0.4, 0.5) is 0 Å². The van der Waals surface area contributed by atoms with Crippen molar-refractivity contribution in [1.29, 1.82) is 0 Å². The third-order valence-corrected chi connectivity index (χ3v) is 3.72. The smallest absolute Gasteiger partial charge is 0.342 e. The molecule has 1 unspecified atom stereocenters. The van der Waals surface area contributed by atoms with Gasteiger partial charge in [0.05, 0.1) is 12.7 Å². The Balaban J connectivity index is 1.89. The molecule has 1 saturated heterocycles. The van der Waals surface area contributed by atoms with Crippen LogP contribution in [0.15, 0.2) is 24.3 Å². The lowest BCUT2D eigenvalue weighted by Gasteiger charge is -2.33.